The summed E-state index contributed by atoms with van der Waals surface area (Å²) in [5.41, 5.74) is 7.48. The summed E-state index contributed by atoms with van der Waals surface area (Å²) in [5, 5.41) is 8.13. The van der Waals surface area contributed by atoms with Crippen LogP contribution in [0.3, 0.4) is 0 Å². The fourth-order valence-corrected chi connectivity index (χ4v) is 1.48. The van der Waals surface area contributed by atoms with Crippen LogP contribution >= 0.6 is 12.2 Å². The van der Waals surface area contributed by atoms with Crippen molar-refractivity contribution in [1.82, 2.24) is 15.0 Å². The molecule has 78 valence electrons. The Morgan fingerprint density at radius 1 is 1.53 bits per heavy atom. The van der Waals surface area contributed by atoms with E-state index >= 15 is 0 Å². The summed E-state index contributed by atoms with van der Waals surface area (Å²) in [6.07, 6.45) is 0. The fraction of sp³-hybridized carbons (Fsp3) is 0.300. The molecule has 0 radical (unpaired) electrons. The molecular formula is C10H12N4S. The maximum absolute atomic E-state index is 5.57. The van der Waals surface area contributed by atoms with Crippen LogP contribution in [0.5, 0.6) is 0 Å². The molecule has 2 aromatic rings. The van der Waals surface area contributed by atoms with Crippen molar-refractivity contribution >= 4 is 28.2 Å². The van der Waals surface area contributed by atoms with Crippen molar-refractivity contribution in [3.63, 3.8) is 0 Å². The van der Waals surface area contributed by atoms with Crippen molar-refractivity contribution in [2.24, 2.45) is 11.7 Å². The first-order valence-electron chi connectivity index (χ1n) is 4.76. The first kappa shape index (κ1) is 10.0. The molecular weight excluding hydrogens is 208 g/mol. The van der Waals surface area contributed by atoms with Gasteiger partial charge >= 0.3 is 0 Å². The molecule has 0 saturated heterocycles. The number of hydrogen-bond donors (Lipinski definition) is 1. The molecule has 1 unspecified atom stereocenters. The lowest BCUT2D eigenvalue weighted by molar-refractivity contribution is 0.540. The maximum atomic E-state index is 5.57. The average Bonchev–Trinajstić information content (AvgIpc) is 2.62. The zero-order valence-corrected chi connectivity index (χ0v) is 9.24. The Bertz CT molecular complexity index is 491. The van der Waals surface area contributed by atoms with Crippen LogP contribution in [0.4, 0.5) is 0 Å². The van der Waals surface area contributed by atoms with Gasteiger partial charge in [0.25, 0.3) is 0 Å². The molecule has 2 rings (SSSR count). The van der Waals surface area contributed by atoms with Crippen molar-refractivity contribution < 1.29 is 0 Å². The average molecular weight is 220 g/mol. The SMILES string of the molecule is CC(Cn1nnc2ccccc21)C(N)=S. The topological polar surface area (TPSA) is 56.7 Å². The molecule has 0 spiro atoms. The van der Waals surface area contributed by atoms with Gasteiger partial charge in [0.1, 0.15) is 5.52 Å². The number of hydrogen-bond acceptors (Lipinski definition) is 3. The van der Waals surface area contributed by atoms with E-state index in [0.717, 1.165) is 11.0 Å². The quantitative estimate of drug-likeness (QED) is 0.793. The highest BCUT2D eigenvalue weighted by Crippen LogP contribution is 2.11. The van der Waals surface area contributed by atoms with Crippen LogP contribution in [0.15, 0.2) is 24.3 Å². The van der Waals surface area contributed by atoms with Crippen molar-refractivity contribution in [1.29, 1.82) is 0 Å². The largest absolute Gasteiger partial charge is 0.393 e. The summed E-state index contributed by atoms with van der Waals surface area (Å²) in [6, 6.07) is 7.83. The fourth-order valence-electron chi connectivity index (χ4n) is 1.40. The molecule has 2 N–H and O–H groups in total. The number of benzene rings is 1. The molecule has 5 heteroatoms. The lowest BCUT2D eigenvalue weighted by Crippen LogP contribution is -2.23. The number of para-hydroxylation sites is 1. The van der Waals surface area contributed by atoms with Gasteiger partial charge in [-0.15, -0.1) is 5.10 Å². The zero-order valence-electron chi connectivity index (χ0n) is 8.42. The van der Waals surface area contributed by atoms with Crippen LogP contribution in [0.2, 0.25) is 0 Å². The predicted molar refractivity (Wildman–Crippen MR) is 63.5 cm³/mol. The van der Waals surface area contributed by atoms with Crippen LogP contribution in [0.25, 0.3) is 11.0 Å². The third kappa shape index (κ3) is 1.97. The predicted octanol–water partition coefficient (Wildman–Crippen LogP) is 1.35. The van der Waals surface area contributed by atoms with Crippen molar-refractivity contribution in [3.8, 4) is 0 Å². The third-order valence-corrected chi connectivity index (χ3v) is 2.76. The number of thiocarbonyl (C=S) groups is 1. The normalized spacial score (nSPS) is 12.9. The maximum Gasteiger partial charge on any atom is 0.113 e. The second-order valence-electron chi connectivity index (χ2n) is 3.56. The highest BCUT2D eigenvalue weighted by atomic mass is 32.1. The van der Waals surface area contributed by atoms with Crippen molar-refractivity contribution in [2.75, 3.05) is 0 Å². The monoisotopic (exact) mass is 220 g/mol. The Hall–Kier alpha value is -1.49. The molecule has 1 atom stereocenters. The Labute approximate surface area is 93.1 Å². The smallest absolute Gasteiger partial charge is 0.113 e. The molecule has 0 aliphatic rings. The minimum atomic E-state index is 0.130. The summed E-state index contributed by atoms with van der Waals surface area (Å²) < 4.78 is 1.83. The molecule has 1 aromatic carbocycles. The van der Waals surface area contributed by atoms with E-state index in [1.807, 2.05) is 35.9 Å². The second kappa shape index (κ2) is 3.94. The molecule has 15 heavy (non-hydrogen) atoms. The Kier molecular flexibility index (Phi) is 2.64. The number of rotatable bonds is 3. The van der Waals surface area contributed by atoms with E-state index in [4.69, 9.17) is 18.0 Å². The van der Waals surface area contributed by atoms with E-state index < -0.39 is 0 Å². The van der Waals surface area contributed by atoms with Gasteiger partial charge in [0.15, 0.2) is 0 Å². The van der Waals surface area contributed by atoms with E-state index in [9.17, 15) is 0 Å². The molecule has 0 bridgehead atoms. The minimum Gasteiger partial charge on any atom is -0.393 e. The van der Waals surface area contributed by atoms with E-state index in [0.29, 0.717) is 11.5 Å². The van der Waals surface area contributed by atoms with Crippen molar-refractivity contribution in [3.05, 3.63) is 24.3 Å². The standard InChI is InChI=1S/C10H12N4S/c1-7(10(11)15)6-14-9-5-3-2-4-8(9)12-13-14/h2-5,7H,6H2,1H3,(H2,11,15). The van der Waals surface area contributed by atoms with E-state index in [1.54, 1.807) is 0 Å². The van der Waals surface area contributed by atoms with Gasteiger partial charge in [-0.25, -0.2) is 4.68 Å². The van der Waals surface area contributed by atoms with Crippen LogP contribution in [-0.2, 0) is 6.54 Å². The van der Waals surface area contributed by atoms with Gasteiger partial charge in [-0.3, -0.25) is 0 Å². The molecule has 4 nitrogen and oxygen atoms in total. The van der Waals surface area contributed by atoms with Gasteiger partial charge in [0, 0.05) is 5.92 Å². The van der Waals surface area contributed by atoms with Gasteiger partial charge in [0.2, 0.25) is 0 Å². The highest BCUT2D eigenvalue weighted by Gasteiger charge is 2.09. The van der Waals surface area contributed by atoms with Gasteiger partial charge in [-0.1, -0.05) is 36.5 Å². The van der Waals surface area contributed by atoms with E-state index in [2.05, 4.69) is 10.3 Å². The number of nitrogens with two attached hydrogens (primary N) is 1. The lowest BCUT2D eigenvalue weighted by Gasteiger charge is -2.09. The lowest BCUT2D eigenvalue weighted by atomic mass is 10.2. The Balaban J connectivity index is 2.32. The second-order valence-corrected chi connectivity index (χ2v) is 4.04. The summed E-state index contributed by atoms with van der Waals surface area (Å²) in [6.45, 7) is 2.66. The van der Waals surface area contributed by atoms with Crippen LogP contribution < -0.4 is 5.73 Å². The van der Waals surface area contributed by atoms with Crippen molar-refractivity contribution in [2.45, 2.75) is 13.5 Å². The molecule has 0 aliphatic carbocycles. The van der Waals surface area contributed by atoms with Crippen LogP contribution in [-0.4, -0.2) is 20.0 Å². The summed E-state index contributed by atoms with van der Waals surface area (Å²) >= 11 is 4.93. The summed E-state index contributed by atoms with van der Waals surface area (Å²) in [4.78, 5) is 0.509. The molecule has 0 saturated carbocycles. The van der Waals surface area contributed by atoms with Crippen LogP contribution in [0.1, 0.15) is 6.92 Å². The Morgan fingerprint density at radius 2 is 2.27 bits per heavy atom. The van der Waals surface area contributed by atoms with Crippen LogP contribution in [0, 0.1) is 5.92 Å². The summed E-state index contributed by atoms with van der Waals surface area (Å²) in [7, 11) is 0. The van der Waals surface area contributed by atoms with Gasteiger partial charge in [0.05, 0.1) is 17.0 Å². The first-order chi connectivity index (χ1) is 7.18. The third-order valence-electron chi connectivity index (χ3n) is 2.35. The zero-order chi connectivity index (χ0) is 10.8. The molecule has 0 amide bonds. The Morgan fingerprint density at radius 3 is 3.00 bits per heavy atom. The number of aromatic nitrogens is 3. The summed E-state index contributed by atoms with van der Waals surface area (Å²) in [5.74, 6) is 0.130. The first-order valence-corrected chi connectivity index (χ1v) is 5.17. The number of nitrogens with zero attached hydrogens (tertiary/aromatic N) is 3. The highest BCUT2D eigenvalue weighted by molar-refractivity contribution is 7.80. The van der Waals surface area contributed by atoms with E-state index in [-0.39, 0.29) is 5.92 Å². The van der Waals surface area contributed by atoms with E-state index in [1.165, 1.54) is 0 Å². The molecule has 1 aromatic heterocycles. The minimum absolute atomic E-state index is 0.130. The van der Waals surface area contributed by atoms with Gasteiger partial charge < -0.3 is 5.73 Å². The van der Waals surface area contributed by atoms with Gasteiger partial charge in [-0.2, -0.15) is 0 Å². The molecule has 0 aliphatic heterocycles. The molecule has 1 heterocycles. The van der Waals surface area contributed by atoms with Gasteiger partial charge in [-0.05, 0) is 12.1 Å². The molecule has 0 fully saturated rings. The number of fused-ring (bicyclic) bond motifs is 1.